The highest BCUT2D eigenvalue weighted by molar-refractivity contribution is 5.76. The fourth-order valence-electron chi connectivity index (χ4n) is 3.79. The van der Waals surface area contributed by atoms with Crippen molar-refractivity contribution in [2.24, 2.45) is 11.8 Å². The van der Waals surface area contributed by atoms with Crippen molar-refractivity contribution in [2.75, 3.05) is 41.0 Å². The quantitative estimate of drug-likeness (QED) is 0.766. The summed E-state index contributed by atoms with van der Waals surface area (Å²) < 4.78 is 16.0. The van der Waals surface area contributed by atoms with E-state index in [9.17, 15) is 4.79 Å². The maximum Gasteiger partial charge on any atom is 0.275 e. The molecule has 1 aliphatic heterocycles. The molecule has 3 atom stereocenters. The van der Waals surface area contributed by atoms with Crippen LogP contribution < -0.4 is 24.4 Å². The molecule has 0 saturated carbocycles. The molecule has 2 N–H and O–H groups in total. The molecule has 1 fully saturated rings. The number of carbonyl (C=O) groups excluding carboxylic acids is 1. The Kier molecular flexibility index (Phi) is 6.93. The number of nitrogens with one attached hydrogen (secondary N) is 2. The molecule has 6 heteroatoms. The normalized spacial score (nSPS) is 23.0. The van der Waals surface area contributed by atoms with E-state index in [0.717, 1.165) is 18.7 Å². The Morgan fingerprint density at radius 1 is 1.08 bits per heavy atom. The molecule has 1 saturated heterocycles. The van der Waals surface area contributed by atoms with Gasteiger partial charge in [-0.05, 0) is 24.1 Å². The van der Waals surface area contributed by atoms with Crippen LogP contribution >= 0.6 is 0 Å². The van der Waals surface area contributed by atoms with E-state index in [1.807, 2.05) is 12.1 Å². The Labute approximate surface area is 150 Å². The number of hydrogen-bond donors (Lipinski definition) is 2. The first-order valence-corrected chi connectivity index (χ1v) is 8.85. The number of ether oxygens (including phenoxy) is 3. The molecule has 0 bridgehead atoms. The standard InChI is InChI=1S/C19H30N2O4/c1-13-6-14(2)11-21(10-13)12-18(22)20-9-15-7-16(23-3)19(25-5)17(8-15)24-4/h7-8,13-14H,6,9-12H2,1-5H3,(H,20,22)/p+1/t13-,14+. The molecule has 140 valence electrons. The summed E-state index contributed by atoms with van der Waals surface area (Å²) in [5.41, 5.74) is 0.915. The molecule has 1 amide bonds. The molecule has 1 aromatic rings. The van der Waals surface area contributed by atoms with Gasteiger partial charge in [-0.3, -0.25) is 4.79 Å². The van der Waals surface area contributed by atoms with Crippen molar-refractivity contribution in [3.05, 3.63) is 17.7 Å². The van der Waals surface area contributed by atoms with Crippen LogP contribution in [0.3, 0.4) is 0 Å². The number of piperidine rings is 1. The summed E-state index contributed by atoms with van der Waals surface area (Å²) in [7, 11) is 4.74. The summed E-state index contributed by atoms with van der Waals surface area (Å²) in [6, 6.07) is 3.72. The Morgan fingerprint density at radius 3 is 2.12 bits per heavy atom. The van der Waals surface area contributed by atoms with E-state index in [1.54, 1.807) is 21.3 Å². The van der Waals surface area contributed by atoms with Gasteiger partial charge < -0.3 is 24.4 Å². The first-order chi connectivity index (χ1) is 12.0. The predicted octanol–water partition coefficient (Wildman–Crippen LogP) is 0.889. The van der Waals surface area contributed by atoms with Crippen LogP contribution in [0.5, 0.6) is 17.2 Å². The lowest BCUT2D eigenvalue weighted by Crippen LogP contribution is -3.15. The highest BCUT2D eigenvalue weighted by Crippen LogP contribution is 2.38. The lowest BCUT2D eigenvalue weighted by Gasteiger charge is -2.31. The van der Waals surface area contributed by atoms with Crippen LogP contribution in [0.25, 0.3) is 0 Å². The SMILES string of the molecule is COc1cc(CNC(=O)C[NH+]2C[C@H](C)C[C@H](C)C2)cc(OC)c1OC. The van der Waals surface area contributed by atoms with E-state index >= 15 is 0 Å². The van der Waals surface area contributed by atoms with Gasteiger partial charge in [0.05, 0.1) is 34.4 Å². The molecule has 25 heavy (non-hydrogen) atoms. The van der Waals surface area contributed by atoms with E-state index in [1.165, 1.54) is 11.3 Å². The number of carbonyl (C=O) groups is 1. The van der Waals surface area contributed by atoms with Crippen molar-refractivity contribution in [3.8, 4) is 17.2 Å². The van der Waals surface area contributed by atoms with Gasteiger partial charge in [0, 0.05) is 18.4 Å². The number of methoxy groups -OCH3 is 3. The molecule has 1 aliphatic rings. The third-order valence-corrected chi connectivity index (χ3v) is 4.70. The summed E-state index contributed by atoms with van der Waals surface area (Å²) in [5, 5.41) is 3.00. The fourth-order valence-corrected chi connectivity index (χ4v) is 3.79. The maximum atomic E-state index is 12.3. The van der Waals surface area contributed by atoms with Crippen molar-refractivity contribution >= 4 is 5.91 Å². The summed E-state index contributed by atoms with van der Waals surface area (Å²) in [6.07, 6.45) is 1.26. The predicted molar refractivity (Wildman–Crippen MR) is 96.5 cm³/mol. The first kappa shape index (κ1) is 19.4. The largest absolute Gasteiger partial charge is 0.493 e. The highest BCUT2D eigenvalue weighted by atomic mass is 16.5. The molecule has 0 radical (unpaired) electrons. The molecule has 1 unspecified atom stereocenters. The van der Waals surface area contributed by atoms with Crippen LogP contribution in [0.1, 0.15) is 25.8 Å². The van der Waals surface area contributed by atoms with Crippen LogP contribution in [0, 0.1) is 11.8 Å². The molecule has 6 nitrogen and oxygen atoms in total. The van der Waals surface area contributed by atoms with Crippen molar-refractivity contribution in [1.82, 2.24) is 5.32 Å². The zero-order chi connectivity index (χ0) is 18.4. The van der Waals surface area contributed by atoms with E-state index in [0.29, 0.717) is 42.2 Å². The Hall–Kier alpha value is -1.95. The Balaban J connectivity index is 1.95. The Bertz CT molecular complexity index is 556. The van der Waals surface area contributed by atoms with Crippen molar-refractivity contribution in [2.45, 2.75) is 26.8 Å². The van der Waals surface area contributed by atoms with Crippen LogP contribution in [-0.4, -0.2) is 46.9 Å². The van der Waals surface area contributed by atoms with Crippen LogP contribution in [0.2, 0.25) is 0 Å². The van der Waals surface area contributed by atoms with Crippen LogP contribution in [-0.2, 0) is 11.3 Å². The van der Waals surface area contributed by atoms with Gasteiger partial charge >= 0.3 is 0 Å². The third-order valence-electron chi connectivity index (χ3n) is 4.70. The minimum atomic E-state index is 0.0741. The van der Waals surface area contributed by atoms with Gasteiger partial charge in [0.2, 0.25) is 5.75 Å². The van der Waals surface area contributed by atoms with Crippen molar-refractivity contribution < 1.29 is 23.9 Å². The molecule has 0 aliphatic carbocycles. The maximum absolute atomic E-state index is 12.3. The highest BCUT2D eigenvalue weighted by Gasteiger charge is 2.26. The molecule has 0 spiro atoms. The molecular weight excluding hydrogens is 320 g/mol. The number of likely N-dealkylation sites (tertiary alicyclic amines) is 1. The smallest absolute Gasteiger partial charge is 0.275 e. The summed E-state index contributed by atoms with van der Waals surface area (Å²) in [5.74, 6) is 3.18. The lowest BCUT2D eigenvalue weighted by atomic mass is 9.92. The number of rotatable bonds is 7. The number of amides is 1. The van der Waals surface area contributed by atoms with Crippen LogP contribution in [0.15, 0.2) is 12.1 Å². The van der Waals surface area contributed by atoms with Gasteiger partial charge in [0.1, 0.15) is 0 Å². The number of quaternary nitrogens is 1. The lowest BCUT2D eigenvalue weighted by molar-refractivity contribution is -0.904. The second-order valence-corrected chi connectivity index (χ2v) is 7.09. The molecular formula is C19H31N2O4+. The minimum Gasteiger partial charge on any atom is -0.493 e. The monoisotopic (exact) mass is 351 g/mol. The summed E-state index contributed by atoms with van der Waals surface area (Å²) in [4.78, 5) is 13.7. The van der Waals surface area contributed by atoms with E-state index < -0.39 is 0 Å². The second-order valence-electron chi connectivity index (χ2n) is 7.09. The van der Waals surface area contributed by atoms with E-state index in [4.69, 9.17) is 14.2 Å². The van der Waals surface area contributed by atoms with Gasteiger partial charge in [0.15, 0.2) is 18.0 Å². The third kappa shape index (κ3) is 5.26. The summed E-state index contributed by atoms with van der Waals surface area (Å²) >= 11 is 0. The summed E-state index contributed by atoms with van der Waals surface area (Å²) in [6.45, 7) is 7.64. The Morgan fingerprint density at radius 2 is 1.64 bits per heavy atom. The second kappa shape index (κ2) is 8.94. The fraction of sp³-hybridized carbons (Fsp3) is 0.632. The average Bonchev–Trinajstić information content (AvgIpc) is 2.57. The zero-order valence-corrected chi connectivity index (χ0v) is 16.0. The van der Waals surface area contributed by atoms with Gasteiger partial charge in [-0.2, -0.15) is 0 Å². The topological polar surface area (TPSA) is 61.2 Å². The van der Waals surface area contributed by atoms with Gasteiger partial charge in [0.25, 0.3) is 5.91 Å². The van der Waals surface area contributed by atoms with Crippen molar-refractivity contribution in [1.29, 1.82) is 0 Å². The molecule has 0 aromatic heterocycles. The molecule has 1 heterocycles. The van der Waals surface area contributed by atoms with Gasteiger partial charge in [-0.25, -0.2) is 0 Å². The molecule has 1 aromatic carbocycles. The van der Waals surface area contributed by atoms with E-state index in [2.05, 4.69) is 19.2 Å². The number of benzene rings is 1. The zero-order valence-electron chi connectivity index (χ0n) is 16.0. The minimum absolute atomic E-state index is 0.0741. The molecule has 2 rings (SSSR count). The first-order valence-electron chi connectivity index (χ1n) is 8.85. The number of hydrogen-bond acceptors (Lipinski definition) is 4. The van der Waals surface area contributed by atoms with Crippen LogP contribution in [0.4, 0.5) is 0 Å². The average molecular weight is 351 g/mol. The van der Waals surface area contributed by atoms with E-state index in [-0.39, 0.29) is 5.91 Å². The van der Waals surface area contributed by atoms with Gasteiger partial charge in [-0.15, -0.1) is 0 Å². The van der Waals surface area contributed by atoms with Crippen molar-refractivity contribution in [3.63, 3.8) is 0 Å². The van der Waals surface area contributed by atoms with Gasteiger partial charge in [-0.1, -0.05) is 13.8 Å².